The molecule has 3 aromatic heterocycles. The number of hydrogen-bond donors (Lipinski definition) is 0. The number of anilines is 1. The van der Waals surface area contributed by atoms with Crippen molar-refractivity contribution in [2.75, 3.05) is 18.0 Å². The average Bonchev–Trinajstić information content (AvgIpc) is 3.29. The van der Waals surface area contributed by atoms with Gasteiger partial charge in [0.05, 0.1) is 4.88 Å². The van der Waals surface area contributed by atoms with Gasteiger partial charge in [-0.05, 0) is 38.3 Å². The molecule has 10 heteroatoms. The molecule has 1 atom stereocenters. The summed E-state index contributed by atoms with van der Waals surface area (Å²) in [5.41, 5.74) is 1.47. The molecule has 32 heavy (non-hydrogen) atoms. The van der Waals surface area contributed by atoms with E-state index in [-0.39, 0.29) is 11.1 Å². The van der Waals surface area contributed by atoms with Gasteiger partial charge in [-0.25, -0.2) is 24.2 Å². The number of pyridine rings is 1. The number of fused-ring (bicyclic) bond motifs is 1. The highest BCUT2D eigenvalue weighted by Gasteiger charge is 2.22. The predicted octanol–water partition coefficient (Wildman–Crippen LogP) is 4.56. The lowest BCUT2D eigenvalue weighted by Crippen LogP contribution is -2.24. The minimum Gasteiger partial charge on any atom is -0.431 e. The van der Waals surface area contributed by atoms with Gasteiger partial charge >= 0.3 is 12.1 Å². The first-order valence-corrected chi connectivity index (χ1v) is 11.8. The maximum atomic E-state index is 12.3. The van der Waals surface area contributed by atoms with Crippen molar-refractivity contribution in [1.29, 1.82) is 0 Å². The minimum atomic E-state index is -1.02. The van der Waals surface area contributed by atoms with Crippen LogP contribution in [0, 0.1) is 0 Å². The second-order valence-electron chi connectivity index (χ2n) is 7.92. The van der Waals surface area contributed by atoms with Crippen LogP contribution in [0.3, 0.4) is 0 Å². The van der Waals surface area contributed by atoms with Crippen molar-refractivity contribution in [3.8, 4) is 10.6 Å². The Bertz CT molecular complexity index is 1120. The molecular weight excluding hydrogens is 430 g/mol. The Hall–Kier alpha value is -3.01. The Labute approximate surface area is 190 Å². The molecule has 1 unspecified atom stereocenters. The summed E-state index contributed by atoms with van der Waals surface area (Å²) < 4.78 is 11.5. The molecular formula is C22H27N5O4S. The maximum absolute atomic E-state index is 12.3. The third-order valence-electron chi connectivity index (χ3n) is 5.56. The normalized spacial score (nSPS) is 15.4. The molecule has 9 nitrogen and oxygen atoms in total. The summed E-state index contributed by atoms with van der Waals surface area (Å²) >= 11 is 1.12. The molecule has 4 rings (SSSR count). The molecule has 0 aliphatic carbocycles. The van der Waals surface area contributed by atoms with E-state index in [9.17, 15) is 9.59 Å². The van der Waals surface area contributed by atoms with E-state index in [0.717, 1.165) is 41.3 Å². The van der Waals surface area contributed by atoms with Gasteiger partial charge in [-0.1, -0.05) is 19.8 Å². The van der Waals surface area contributed by atoms with Crippen molar-refractivity contribution in [1.82, 2.24) is 19.7 Å². The van der Waals surface area contributed by atoms with E-state index in [1.807, 2.05) is 26.1 Å². The fraction of sp³-hybridized carbons (Fsp3) is 0.500. The van der Waals surface area contributed by atoms with Crippen molar-refractivity contribution in [2.45, 2.75) is 52.1 Å². The van der Waals surface area contributed by atoms with Crippen LogP contribution in [0.2, 0.25) is 0 Å². The van der Waals surface area contributed by atoms with E-state index in [0.29, 0.717) is 17.0 Å². The van der Waals surface area contributed by atoms with E-state index in [1.54, 1.807) is 17.8 Å². The second kappa shape index (κ2) is 9.64. The molecule has 0 radical (unpaired) electrons. The number of nitrogens with zero attached hydrogens (tertiary/aromatic N) is 5. The Morgan fingerprint density at radius 1 is 1.19 bits per heavy atom. The summed E-state index contributed by atoms with van der Waals surface area (Å²) in [7, 11) is 1.85. The zero-order valence-electron chi connectivity index (χ0n) is 18.5. The smallest absolute Gasteiger partial charge is 0.431 e. The number of aryl methyl sites for hydroxylation is 1. The van der Waals surface area contributed by atoms with Crippen molar-refractivity contribution in [3.05, 3.63) is 23.3 Å². The van der Waals surface area contributed by atoms with Crippen LogP contribution >= 0.6 is 11.3 Å². The maximum Gasteiger partial charge on any atom is 0.516 e. The predicted molar refractivity (Wildman–Crippen MR) is 122 cm³/mol. The first kappa shape index (κ1) is 22.2. The van der Waals surface area contributed by atoms with Gasteiger partial charge in [0, 0.05) is 31.7 Å². The molecule has 0 aromatic carbocycles. The van der Waals surface area contributed by atoms with Crippen LogP contribution in [0.5, 0.6) is 0 Å². The van der Waals surface area contributed by atoms with Crippen molar-refractivity contribution >= 4 is 40.3 Å². The third-order valence-corrected chi connectivity index (χ3v) is 6.55. The number of thiazole rings is 1. The standard InChI is InChI=1S/C22H27N5O4S/c1-4-14(2)30-22(29)31-21(28)20-23-13-16(32-20)18-15-9-10-17(24-19(15)26(3)25-18)27-11-7-5-6-8-12-27/h9-10,13-14H,4-8,11-12H2,1-3H3. The molecule has 1 fully saturated rings. The van der Waals surface area contributed by atoms with Crippen molar-refractivity contribution in [3.63, 3.8) is 0 Å². The summed E-state index contributed by atoms with van der Waals surface area (Å²) in [6.45, 7) is 5.63. The summed E-state index contributed by atoms with van der Waals surface area (Å²) in [6.07, 6.45) is 5.74. The zero-order valence-corrected chi connectivity index (χ0v) is 19.4. The summed E-state index contributed by atoms with van der Waals surface area (Å²) in [5.74, 6) is 0.124. The van der Waals surface area contributed by atoms with Gasteiger partial charge in [0.1, 0.15) is 17.6 Å². The summed E-state index contributed by atoms with van der Waals surface area (Å²) in [5, 5.41) is 5.56. The molecule has 0 N–H and O–H groups in total. The van der Waals surface area contributed by atoms with Crippen LogP contribution in [0.4, 0.5) is 10.6 Å². The number of carbonyl (C=O) groups is 2. The minimum absolute atomic E-state index is 0.0639. The third kappa shape index (κ3) is 4.74. The van der Waals surface area contributed by atoms with Gasteiger partial charge in [-0.3, -0.25) is 0 Å². The van der Waals surface area contributed by atoms with E-state index in [1.165, 1.54) is 25.7 Å². The van der Waals surface area contributed by atoms with Crippen LogP contribution in [0.15, 0.2) is 18.3 Å². The molecule has 4 heterocycles. The molecule has 0 amide bonds. The summed E-state index contributed by atoms with van der Waals surface area (Å²) in [4.78, 5) is 36.0. The first-order chi connectivity index (χ1) is 15.5. The van der Waals surface area contributed by atoms with Crippen LogP contribution in [0.25, 0.3) is 21.6 Å². The van der Waals surface area contributed by atoms with Crippen molar-refractivity contribution in [2.24, 2.45) is 7.05 Å². The number of ether oxygens (including phenoxy) is 2. The Morgan fingerprint density at radius 3 is 2.66 bits per heavy atom. The largest absolute Gasteiger partial charge is 0.516 e. The van der Waals surface area contributed by atoms with E-state index in [4.69, 9.17) is 14.5 Å². The lowest BCUT2D eigenvalue weighted by Gasteiger charge is -2.21. The lowest BCUT2D eigenvalue weighted by atomic mass is 10.2. The van der Waals surface area contributed by atoms with Gasteiger partial charge in [0.15, 0.2) is 5.65 Å². The molecule has 0 bridgehead atoms. The molecule has 0 saturated carbocycles. The zero-order chi connectivity index (χ0) is 22.7. The van der Waals surface area contributed by atoms with Crippen LogP contribution in [0.1, 0.15) is 55.8 Å². The molecule has 170 valence electrons. The highest BCUT2D eigenvalue weighted by atomic mass is 32.1. The monoisotopic (exact) mass is 457 g/mol. The number of rotatable bonds is 5. The average molecular weight is 458 g/mol. The SMILES string of the molecule is CCC(C)OC(=O)OC(=O)c1ncc(-c2nn(C)c3nc(N4CCCCCC4)ccc23)s1. The molecule has 3 aromatic rings. The van der Waals surface area contributed by atoms with Crippen LogP contribution in [-0.4, -0.2) is 51.1 Å². The second-order valence-corrected chi connectivity index (χ2v) is 8.95. The van der Waals surface area contributed by atoms with Gasteiger partial charge in [0.25, 0.3) is 0 Å². The number of carbonyl (C=O) groups excluding carboxylic acids is 2. The fourth-order valence-corrected chi connectivity index (χ4v) is 4.44. The number of esters is 1. The highest BCUT2D eigenvalue weighted by Crippen LogP contribution is 2.32. The first-order valence-electron chi connectivity index (χ1n) is 10.9. The number of hydrogen-bond acceptors (Lipinski definition) is 9. The summed E-state index contributed by atoms with van der Waals surface area (Å²) in [6, 6.07) is 4.05. The topological polar surface area (TPSA) is 99.4 Å². The fourth-order valence-electron chi connectivity index (χ4n) is 3.65. The van der Waals surface area contributed by atoms with Crippen LogP contribution < -0.4 is 4.90 Å². The molecule has 1 aliphatic heterocycles. The quantitative estimate of drug-likeness (QED) is 0.406. The van der Waals surface area contributed by atoms with Gasteiger partial charge in [-0.15, -0.1) is 11.3 Å². The number of aromatic nitrogens is 4. The molecule has 1 saturated heterocycles. The van der Waals surface area contributed by atoms with Crippen molar-refractivity contribution < 1.29 is 19.1 Å². The molecule has 1 aliphatic rings. The van der Waals surface area contributed by atoms with Gasteiger partial charge in [-0.2, -0.15) is 5.10 Å². The van der Waals surface area contributed by atoms with Crippen LogP contribution in [-0.2, 0) is 16.5 Å². The Morgan fingerprint density at radius 2 is 1.94 bits per heavy atom. The van der Waals surface area contributed by atoms with Gasteiger partial charge in [0.2, 0.25) is 5.01 Å². The van der Waals surface area contributed by atoms with E-state index < -0.39 is 12.1 Å². The Kier molecular flexibility index (Phi) is 6.69. The lowest BCUT2D eigenvalue weighted by molar-refractivity contribution is 0.0245. The Balaban J connectivity index is 1.54. The van der Waals surface area contributed by atoms with E-state index >= 15 is 0 Å². The van der Waals surface area contributed by atoms with E-state index in [2.05, 4.69) is 15.0 Å². The highest BCUT2D eigenvalue weighted by molar-refractivity contribution is 7.17. The van der Waals surface area contributed by atoms with Gasteiger partial charge < -0.3 is 14.4 Å². The molecule has 0 spiro atoms.